The number of pyridine rings is 1. The first-order chi connectivity index (χ1) is 9.08. The number of ether oxygens (including phenoxy) is 1. The molecule has 3 heteroatoms. The van der Waals surface area contributed by atoms with Gasteiger partial charge >= 0.3 is 0 Å². The van der Waals surface area contributed by atoms with Crippen molar-refractivity contribution in [2.75, 3.05) is 7.05 Å². The third-order valence-electron chi connectivity index (χ3n) is 4.11. The highest BCUT2D eigenvalue weighted by Crippen LogP contribution is 2.30. The predicted molar refractivity (Wildman–Crippen MR) is 78.3 cm³/mol. The van der Waals surface area contributed by atoms with E-state index in [-0.39, 0.29) is 0 Å². The van der Waals surface area contributed by atoms with Gasteiger partial charge < -0.3 is 10.1 Å². The second-order valence-electron chi connectivity index (χ2n) is 6.10. The number of rotatable bonds is 4. The first kappa shape index (κ1) is 14.3. The fourth-order valence-electron chi connectivity index (χ4n) is 3.02. The van der Waals surface area contributed by atoms with Crippen LogP contribution in [0.25, 0.3) is 0 Å². The lowest BCUT2D eigenvalue weighted by atomic mass is 9.82. The Kier molecular flexibility index (Phi) is 4.81. The van der Waals surface area contributed by atoms with E-state index in [1.54, 1.807) is 0 Å². The number of nitrogens with zero attached hydrogens (tertiary/aromatic N) is 1. The molecule has 1 N–H and O–H groups in total. The molecule has 2 rings (SSSR count). The van der Waals surface area contributed by atoms with Crippen molar-refractivity contribution in [2.24, 2.45) is 11.8 Å². The zero-order valence-electron chi connectivity index (χ0n) is 12.5. The van der Waals surface area contributed by atoms with E-state index in [9.17, 15) is 0 Å². The van der Waals surface area contributed by atoms with Crippen LogP contribution in [0.4, 0.5) is 0 Å². The molecule has 106 valence electrons. The first-order valence-electron chi connectivity index (χ1n) is 7.38. The third kappa shape index (κ3) is 3.93. The molecule has 0 spiro atoms. The number of hydrogen-bond acceptors (Lipinski definition) is 3. The summed E-state index contributed by atoms with van der Waals surface area (Å²) in [5.74, 6) is 2.29. The highest BCUT2D eigenvalue weighted by Gasteiger charge is 2.25. The van der Waals surface area contributed by atoms with Gasteiger partial charge in [0.2, 0.25) is 5.88 Å². The average Bonchev–Trinajstić information content (AvgIpc) is 2.37. The van der Waals surface area contributed by atoms with Gasteiger partial charge in [-0.1, -0.05) is 19.9 Å². The van der Waals surface area contributed by atoms with E-state index in [1.807, 2.05) is 19.3 Å². The van der Waals surface area contributed by atoms with Gasteiger partial charge in [0.15, 0.2) is 0 Å². The quantitative estimate of drug-likeness (QED) is 0.900. The molecule has 0 radical (unpaired) electrons. The highest BCUT2D eigenvalue weighted by atomic mass is 16.5. The number of nitrogens with one attached hydrogen (secondary N) is 1. The van der Waals surface area contributed by atoms with Crippen molar-refractivity contribution in [1.82, 2.24) is 10.3 Å². The van der Waals surface area contributed by atoms with Crippen molar-refractivity contribution in [3.63, 3.8) is 0 Å². The molecule has 0 saturated heterocycles. The minimum atomic E-state index is 0.330. The molecule has 0 aliphatic heterocycles. The summed E-state index contributed by atoms with van der Waals surface area (Å²) in [5, 5.41) is 3.21. The molecule has 0 amide bonds. The van der Waals surface area contributed by atoms with Crippen LogP contribution >= 0.6 is 0 Å². The molecule has 1 fully saturated rings. The van der Waals surface area contributed by atoms with Crippen molar-refractivity contribution in [3.05, 3.63) is 23.9 Å². The maximum absolute atomic E-state index is 6.03. The largest absolute Gasteiger partial charge is 0.474 e. The van der Waals surface area contributed by atoms with E-state index in [2.05, 4.69) is 37.1 Å². The van der Waals surface area contributed by atoms with Crippen LogP contribution < -0.4 is 10.1 Å². The van der Waals surface area contributed by atoms with Gasteiger partial charge in [-0.2, -0.15) is 0 Å². The second-order valence-corrected chi connectivity index (χ2v) is 6.10. The van der Waals surface area contributed by atoms with Crippen LogP contribution in [0.2, 0.25) is 0 Å². The predicted octanol–water partition coefficient (Wildman–Crippen LogP) is 3.57. The lowest BCUT2D eigenvalue weighted by Crippen LogP contribution is -2.28. The average molecular weight is 262 g/mol. The molecule has 3 nitrogen and oxygen atoms in total. The smallest absolute Gasteiger partial charge is 0.213 e. The second kappa shape index (κ2) is 6.38. The van der Waals surface area contributed by atoms with E-state index < -0.39 is 0 Å². The normalized spacial score (nSPS) is 28.9. The van der Waals surface area contributed by atoms with Crippen LogP contribution in [0.5, 0.6) is 5.88 Å². The minimum Gasteiger partial charge on any atom is -0.474 e. The molecule has 1 aromatic heterocycles. The summed E-state index contributed by atoms with van der Waals surface area (Å²) < 4.78 is 6.03. The van der Waals surface area contributed by atoms with E-state index in [0.717, 1.165) is 30.6 Å². The van der Waals surface area contributed by atoms with Crippen molar-refractivity contribution < 1.29 is 4.74 Å². The summed E-state index contributed by atoms with van der Waals surface area (Å²) in [6, 6.07) is 4.42. The standard InChI is InChI=1S/C16H26N2O/c1-11-7-12(2)9-15(8-11)19-16-6-5-14(10-18-16)13(3)17-4/h5-6,10-13,15,17H,7-9H2,1-4H3. The molecule has 0 bridgehead atoms. The molecular weight excluding hydrogens is 236 g/mol. The van der Waals surface area contributed by atoms with Gasteiger partial charge in [-0.15, -0.1) is 0 Å². The molecule has 1 heterocycles. The Morgan fingerprint density at radius 3 is 2.42 bits per heavy atom. The summed E-state index contributed by atoms with van der Waals surface area (Å²) in [6.45, 7) is 6.76. The topological polar surface area (TPSA) is 34.1 Å². The summed E-state index contributed by atoms with van der Waals surface area (Å²) in [4.78, 5) is 4.43. The fourth-order valence-corrected chi connectivity index (χ4v) is 3.02. The van der Waals surface area contributed by atoms with E-state index in [4.69, 9.17) is 4.74 Å². The molecule has 1 aliphatic carbocycles. The first-order valence-corrected chi connectivity index (χ1v) is 7.38. The Labute approximate surface area is 116 Å². The third-order valence-corrected chi connectivity index (χ3v) is 4.11. The molecule has 3 unspecified atom stereocenters. The maximum Gasteiger partial charge on any atom is 0.213 e. The van der Waals surface area contributed by atoms with E-state index >= 15 is 0 Å². The Balaban J connectivity index is 1.95. The molecule has 1 aromatic rings. The van der Waals surface area contributed by atoms with Gasteiger partial charge in [-0.25, -0.2) is 4.98 Å². The van der Waals surface area contributed by atoms with Gasteiger partial charge in [-0.05, 0) is 50.6 Å². The summed E-state index contributed by atoms with van der Waals surface area (Å²) in [6.07, 6.45) is 5.87. The van der Waals surface area contributed by atoms with Crippen molar-refractivity contribution in [2.45, 2.75) is 52.2 Å². The molecule has 1 saturated carbocycles. The molecule has 1 aliphatic rings. The van der Waals surface area contributed by atoms with Gasteiger partial charge in [0.25, 0.3) is 0 Å². The van der Waals surface area contributed by atoms with Crippen molar-refractivity contribution in [3.8, 4) is 5.88 Å². The van der Waals surface area contributed by atoms with Crippen molar-refractivity contribution in [1.29, 1.82) is 0 Å². The monoisotopic (exact) mass is 262 g/mol. The van der Waals surface area contributed by atoms with Gasteiger partial charge in [0.1, 0.15) is 6.10 Å². The van der Waals surface area contributed by atoms with Crippen LogP contribution in [0.15, 0.2) is 18.3 Å². The Morgan fingerprint density at radius 2 is 1.89 bits per heavy atom. The van der Waals surface area contributed by atoms with Crippen LogP contribution in [0, 0.1) is 11.8 Å². The number of hydrogen-bond donors (Lipinski definition) is 1. The number of aromatic nitrogens is 1. The van der Waals surface area contributed by atoms with Crippen LogP contribution in [-0.4, -0.2) is 18.1 Å². The molecular formula is C16H26N2O. The lowest BCUT2D eigenvalue weighted by molar-refractivity contribution is 0.0967. The maximum atomic E-state index is 6.03. The summed E-state index contributed by atoms with van der Waals surface area (Å²) >= 11 is 0. The van der Waals surface area contributed by atoms with E-state index in [1.165, 1.54) is 12.0 Å². The van der Waals surface area contributed by atoms with Crippen LogP contribution in [0.1, 0.15) is 51.6 Å². The Hall–Kier alpha value is -1.09. The summed E-state index contributed by atoms with van der Waals surface area (Å²) in [7, 11) is 1.96. The fraction of sp³-hybridized carbons (Fsp3) is 0.688. The van der Waals surface area contributed by atoms with Crippen LogP contribution in [0.3, 0.4) is 0 Å². The Morgan fingerprint density at radius 1 is 1.21 bits per heavy atom. The van der Waals surface area contributed by atoms with Gasteiger partial charge in [-0.3, -0.25) is 0 Å². The molecule has 0 aromatic carbocycles. The van der Waals surface area contributed by atoms with Crippen LogP contribution in [-0.2, 0) is 0 Å². The van der Waals surface area contributed by atoms with Gasteiger partial charge in [0.05, 0.1) is 0 Å². The highest BCUT2D eigenvalue weighted by molar-refractivity contribution is 5.20. The van der Waals surface area contributed by atoms with Crippen molar-refractivity contribution >= 4 is 0 Å². The zero-order valence-corrected chi connectivity index (χ0v) is 12.5. The lowest BCUT2D eigenvalue weighted by Gasteiger charge is -2.31. The zero-order chi connectivity index (χ0) is 13.8. The Bertz CT molecular complexity index is 380. The SMILES string of the molecule is CNC(C)c1ccc(OC2CC(C)CC(C)C2)nc1. The van der Waals surface area contributed by atoms with Gasteiger partial charge in [0, 0.05) is 18.3 Å². The van der Waals surface area contributed by atoms with E-state index in [0.29, 0.717) is 12.1 Å². The molecule has 19 heavy (non-hydrogen) atoms. The molecule has 3 atom stereocenters. The summed E-state index contributed by atoms with van der Waals surface area (Å²) in [5.41, 5.74) is 1.19. The minimum absolute atomic E-state index is 0.330.